The molecule has 3 aromatic rings. The molecule has 1 N–H and O–H groups in total. The molecule has 0 aliphatic carbocycles. The Balaban J connectivity index is 1.60. The van der Waals surface area contributed by atoms with E-state index in [2.05, 4.69) is 29.9 Å². The maximum absolute atomic E-state index is 12.9. The van der Waals surface area contributed by atoms with Crippen molar-refractivity contribution in [2.75, 3.05) is 17.2 Å². The summed E-state index contributed by atoms with van der Waals surface area (Å²) in [4.78, 5) is 35.4. The fourth-order valence-electron chi connectivity index (χ4n) is 3.65. The third-order valence-corrected chi connectivity index (χ3v) is 5.86. The van der Waals surface area contributed by atoms with Crippen molar-refractivity contribution in [2.45, 2.75) is 38.9 Å². The number of hydrogen-bond donors (Lipinski definition) is 1. The number of amides is 1. The molecule has 0 saturated carbocycles. The Bertz CT molecular complexity index is 1100. The van der Waals surface area contributed by atoms with Crippen molar-refractivity contribution in [3.05, 3.63) is 51.9 Å². The number of nitrogens with one attached hydrogen (secondary N) is 1. The minimum absolute atomic E-state index is 0.0469. The van der Waals surface area contributed by atoms with E-state index in [1.54, 1.807) is 4.57 Å². The second kappa shape index (κ2) is 7.47. The lowest BCUT2D eigenvalue weighted by Gasteiger charge is -2.18. The first-order chi connectivity index (χ1) is 13.4. The zero-order chi connectivity index (χ0) is 19.8. The molecule has 146 valence electrons. The minimum Gasteiger partial charge on any atom is -0.353 e. The molecule has 0 unspecified atom stereocenters. The van der Waals surface area contributed by atoms with Crippen LogP contribution in [0.5, 0.6) is 0 Å². The van der Waals surface area contributed by atoms with E-state index in [0.717, 1.165) is 17.8 Å². The van der Waals surface area contributed by atoms with Gasteiger partial charge in [-0.05, 0) is 37.0 Å². The summed E-state index contributed by atoms with van der Waals surface area (Å²) in [7, 11) is 0. The number of aromatic amines is 1. The Labute approximate surface area is 168 Å². The van der Waals surface area contributed by atoms with Crippen molar-refractivity contribution < 1.29 is 4.79 Å². The largest absolute Gasteiger partial charge is 0.353 e. The van der Waals surface area contributed by atoms with Crippen LogP contribution in [0.25, 0.3) is 11.0 Å². The van der Waals surface area contributed by atoms with Gasteiger partial charge in [0.15, 0.2) is 5.16 Å². The summed E-state index contributed by atoms with van der Waals surface area (Å²) >= 11 is 1.34. The van der Waals surface area contributed by atoms with Crippen LogP contribution in [0.1, 0.15) is 25.1 Å². The first kappa shape index (κ1) is 18.8. The number of nitrogens with zero attached hydrogens (tertiary/aromatic N) is 3. The average Bonchev–Trinajstić information content (AvgIpc) is 3.25. The highest BCUT2D eigenvalue weighted by atomic mass is 32.2. The summed E-state index contributed by atoms with van der Waals surface area (Å²) in [5.41, 5.74) is 4.22. The minimum atomic E-state index is -0.0757. The molecule has 0 bridgehead atoms. The molecule has 1 amide bonds. The normalized spacial score (nSPS) is 13.5. The van der Waals surface area contributed by atoms with Crippen molar-refractivity contribution in [3.8, 4) is 0 Å². The van der Waals surface area contributed by atoms with Crippen molar-refractivity contribution in [2.24, 2.45) is 5.92 Å². The summed E-state index contributed by atoms with van der Waals surface area (Å²) in [5.74, 6) is 0.604. The van der Waals surface area contributed by atoms with E-state index >= 15 is 0 Å². The van der Waals surface area contributed by atoms with Crippen LogP contribution in [0.4, 0.5) is 5.69 Å². The van der Waals surface area contributed by atoms with Gasteiger partial charge in [0.25, 0.3) is 5.56 Å². The molecule has 0 atom stereocenters. The number of benzene rings is 1. The highest BCUT2D eigenvalue weighted by molar-refractivity contribution is 7.99. The van der Waals surface area contributed by atoms with Crippen molar-refractivity contribution in [1.29, 1.82) is 0 Å². The molecule has 1 aromatic carbocycles. The van der Waals surface area contributed by atoms with Crippen LogP contribution in [-0.2, 0) is 17.8 Å². The van der Waals surface area contributed by atoms with Gasteiger partial charge in [0.05, 0.1) is 11.3 Å². The molecule has 3 heterocycles. The Morgan fingerprint density at radius 2 is 2.11 bits per heavy atom. The Morgan fingerprint density at radius 1 is 1.32 bits per heavy atom. The van der Waals surface area contributed by atoms with Crippen molar-refractivity contribution >= 4 is 34.4 Å². The summed E-state index contributed by atoms with van der Waals surface area (Å²) in [5, 5.41) is 0.603. The number of fused-ring (bicyclic) bond motifs is 2. The van der Waals surface area contributed by atoms with Crippen LogP contribution in [0.15, 0.2) is 40.3 Å². The maximum atomic E-state index is 12.9. The van der Waals surface area contributed by atoms with Crippen molar-refractivity contribution in [3.63, 3.8) is 0 Å². The molecule has 28 heavy (non-hydrogen) atoms. The molecule has 1 aliphatic rings. The number of carbonyl (C=O) groups excluding carboxylic acids is 1. The number of para-hydroxylation sites is 1. The molecular weight excluding hydrogens is 372 g/mol. The van der Waals surface area contributed by atoms with Gasteiger partial charge in [-0.3, -0.25) is 14.2 Å². The number of rotatable bonds is 5. The van der Waals surface area contributed by atoms with Crippen LogP contribution in [0.3, 0.4) is 0 Å². The highest BCUT2D eigenvalue weighted by Gasteiger charge is 2.25. The summed E-state index contributed by atoms with van der Waals surface area (Å²) in [6.07, 6.45) is 0.886. The molecular formula is C21H24N4O2S. The van der Waals surface area contributed by atoms with Crippen LogP contribution in [0, 0.1) is 12.8 Å². The van der Waals surface area contributed by atoms with Gasteiger partial charge >= 0.3 is 0 Å². The van der Waals surface area contributed by atoms with E-state index in [1.807, 2.05) is 36.1 Å². The van der Waals surface area contributed by atoms with Gasteiger partial charge in [-0.1, -0.05) is 43.8 Å². The fourth-order valence-corrected chi connectivity index (χ4v) is 4.53. The SMILES string of the molecule is Cc1cc2nc(SCC(=O)N3CCc4ccccc43)n(CC(C)C)c(=O)c2[nH]1. The Kier molecular flexibility index (Phi) is 5.02. The smallest absolute Gasteiger partial charge is 0.278 e. The third kappa shape index (κ3) is 3.46. The van der Waals surface area contributed by atoms with E-state index in [9.17, 15) is 9.59 Å². The number of carbonyl (C=O) groups is 1. The second-order valence-corrected chi connectivity index (χ2v) is 8.57. The lowest BCUT2D eigenvalue weighted by molar-refractivity contribution is -0.116. The van der Waals surface area contributed by atoms with E-state index in [0.29, 0.717) is 35.2 Å². The van der Waals surface area contributed by atoms with Crippen LogP contribution in [0.2, 0.25) is 0 Å². The number of anilines is 1. The monoisotopic (exact) mass is 396 g/mol. The first-order valence-corrected chi connectivity index (χ1v) is 10.5. The molecule has 7 heteroatoms. The van der Waals surface area contributed by atoms with E-state index in [4.69, 9.17) is 0 Å². The summed E-state index contributed by atoms with van der Waals surface area (Å²) in [6, 6.07) is 9.90. The molecule has 0 saturated heterocycles. The highest BCUT2D eigenvalue weighted by Crippen LogP contribution is 2.29. The second-order valence-electron chi connectivity index (χ2n) is 7.63. The number of H-pyrrole nitrogens is 1. The van der Waals surface area contributed by atoms with Crippen LogP contribution < -0.4 is 10.5 Å². The Hall–Kier alpha value is -2.54. The fraction of sp³-hybridized carbons (Fsp3) is 0.381. The molecule has 6 nitrogen and oxygen atoms in total. The van der Waals surface area contributed by atoms with Gasteiger partial charge in [-0.15, -0.1) is 0 Å². The van der Waals surface area contributed by atoms with Gasteiger partial charge < -0.3 is 9.88 Å². The molecule has 4 rings (SSSR count). The molecule has 0 fully saturated rings. The lowest BCUT2D eigenvalue weighted by Crippen LogP contribution is -2.31. The predicted octanol–water partition coefficient (Wildman–Crippen LogP) is 3.37. The zero-order valence-corrected chi connectivity index (χ0v) is 17.2. The van der Waals surface area contributed by atoms with Crippen LogP contribution >= 0.6 is 11.8 Å². The van der Waals surface area contributed by atoms with E-state index in [1.165, 1.54) is 17.3 Å². The topological polar surface area (TPSA) is 71.0 Å². The van der Waals surface area contributed by atoms with Gasteiger partial charge in [0.2, 0.25) is 5.91 Å². The number of aromatic nitrogens is 3. The van der Waals surface area contributed by atoms with Crippen LogP contribution in [-0.4, -0.2) is 32.7 Å². The van der Waals surface area contributed by atoms with E-state index in [-0.39, 0.29) is 17.2 Å². The third-order valence-electron chi connectivity index (χ3n) is 4.90. The maximum Gasteiger partial charge on any atom is 0.278 e. The van der Waals surface area contributed by atoms with Gasteiger partial charge in [-0.2, -0.15) is 0 Å². The number of thioether (sulfide) groups is 1. The average molecular weight is 397 g/mol. The lowest BCUT2D eigenvalue weighted by atomic mass is 10.2. The van der Waals surface area contributed by atoms with Crippen molar-refractivity contribution in [1.82, 2.24) is 14.5 Å². The summed E-state index contributed by atoms with van der Waals surface area (Å²) < 4.78 is 1.69. The Morgan fingerprint density at radius 3 is 2.89 bits per heavy atom. The quantitative estimate of drug-likeness (QED) is 0.530. The van der Waals surface area contributed by atoms with Gasteiger partial charge in [-0.25, -0.2) is 4.98 Å². The standard InChI is InChI=1S/C21H24N4O2S/c1-13(2)11-25-20(27)19-16(10-14(3)22-19)23-21(25)28-12-18(26)24-9-8-15-6-4-5-7-17(15)24/h4-7,10,13,22H,8-9,11-12H2,1-3H3. The van der Waals surface area contributed by atoms with E-state index < -0.39 is 0 Å². The molecule has 0 radical (unpaired) electrons. The number of hydrogen-bond acceptors (Lipinski definition) is 4. The zero-order valence-electron chi connectivity index (χ0n) is 16.4. The first-order valence-electron chi connectivity index (χ1n) is 9.55. The number of aryl methyl sites for hydroxylation is 1. The molecule has 2 aromatic heterocycles. The van der Waals surface area contributed by atoms with Gasteiger partial charge in [0.1, 0.15) is 5.52 Å². The predicted molar refractivity (Wildman–Crippen MR) is 113 cm³/mol. The summed E-state index contributed by atoms with van der Waals surface area (Å²) in [6.45, 7) is 7.33. The molecule has 0 spiro atoms. The molecule has 1 aliphatic heterocycles. The van der Waals surface area contributed by atoms with Gasteiger partial charge in [0, 0.05) is 24.5 Å².